The molecule has 1 aromatic heterocycles. The number of ether oxygens (including phenoxy) is 3. The Kier molecular flexibility index (Phi) is 9.82. The molecule has 1 saturated heterocycles. The summed E-state index contributed by atoms with van der Waals surface area (Å²) in [6.07, 6.45) is 1.69. The van der Waals surface area contributed by atoms with Gasteiger partial charge in [0.05, 0.1) is 0 Å². The van der Waals surface area contributed by atoms with Crippen molar-refractivity contribution in [2.75, 3.05) is 25.0 Å². The number of rotatable bonds is 10. The molecule has 0 atom stereocenters. The first-order valence-electron chi connectivity index (χ1n) is 15.0. The molecule has 0 aliphatic carbocycles. The van der Waals surface area contributed by atoms with Crippen LogP contribution in [-0.2, 0) is 18.0 Å². The van der Waals surface area contributed by atoms with Gasteiger partial charge in [-0.15, -0.1) is 0 Å². The number of pyridine rings is 1. The highest BCUT2D eigenvalue weighted by atomic mass is 16.6. The lowest BCUT2D eigenvalue weighted by molar-refractivity contribution is 0.0188. The van der Waals surface area contributed by atoms with Crippen LogP contribution >= 0.6 is 0 Å². The van der Waals surface area contributed by atoms with E-state index in [4.69, 9.17) is 19.2 Å². The molecule has 1 aliphatic rings. The first-order chi connectivity index (χ1) is 20.8. The van der Waals surface area contributed by atoms with Crippen LogP contribution in [0, 0.1) is 5.92 Å². The third-order valence-electron chi connectivity index (χ3n) is 7.34. The zero-order valence-corrected chi connectivity index (χ0v) is 25.3. The SMILES string of the molecule is CC(C)(C)OC(=O)N1CCC(CNc2ccc(-c3ccc(OCc4ccccc4)nc3OCc3ccccc3)cc2)CC1. The van der Waals surface area contributed by atoms with Gasteiger partial charge in [0, 0.05) is 37.0 Å². The number of anilines is 1. The van der Waals surface area contributed by atoms with E-state index in [1.165, 1.54) is 0 Å². The monoisotopic (exact) mass is 579 g/mol. The van der Waals surface area contributed by atoms with Crippen molar-refractivity contribution >= 4 is 11.8 Å². The summed E-state index contributed by atoms with van der Waals surface area (Å²) in [5.41, 5.74) is 4.66. The Morgan fingerprint density at radius 3 is 2.02 bits per heavy atom. The van der Waals surface area contributed by atoms with Gasteiger partial charge in [-0.1, -0.05) is 72.8 Å². The van der Waals surface area contributed by atoms with E-state index in [1.807, 2.05) is 98.5 Å². The summed E-state index contributed by atoms with van der Waals surface area (Å²) in [5, 5.41) is 3.58. The van der Waals surface area contributed by atoms with Crippen molar-refractivity contribution in [2.45, 2.75) is 52.4 Å². The number of benzene rings is 3. The minimum absolute atomic E-state index is 0.216. The van der Waals surface area contributed by atoms with Crippen molar-refractivity contribution < 1.29 is 19.0 Å². The Labute approximate surface area is 254 Å². The van der Waals surface area contributed by atoms with Crippen molar-refractivity contribution in [3.8, 4) is 22.9 Å². The zero-order chi connectivity index (χ0) is 30.1. The summed E-state index contributed by atoms with van der Waals surface area (Å²) in [5.74, 6) is 1.56. The van der Waals surface area contributed by atoms with E-state index < -0.39 is 5.60 Å². The molecule has 43 heavy (non-hydrogen) atoms. The highest BCUT2D eigenvalue weighted by molar-refractivity contribution is 5.71. The van der Waals surface area contributed by atoms with Gasteiger partial charge in [-0.2, -0.15) is 4.98 Å². The number of aromatic nitrogens is 1. The lowest BCUT2D eigenvalue weighted by Crippen LogP contribution is -2.42. The number of nitrogens with one attached hydrogen (secondary N) is 1. The lowest BCUT2D eigenvalue weighted by Gasteiger charge is -2.33. The molecule has 1 amide bonds. The third kappa shape index (κ3) is 8.98. The summed E-state index contributed by atoms with van der Waals surface area (Å²) >= 11 is 0. The van der Waals surface area contributed by atoms with Crippen LogP contribution in [0.25, 0.3) is 11.1 Å². The number of hydrogen-bond acceptors (Lipinski definition) is 6. The smallest absolute Gasteiger partial charge is 0.410 e. The molecule has 4 aromatic rings. The Morgan fingerprint density at radius 2 is 1.42 bits per heavy atom. The normalized spacial score (nSPS) is 13.8. The second kappa shape index (κ2) is 14.1. The van der Waals surface area contributed by atoms with E-state index in [1.54, 1.807) is 0 Å². The third-order valence-corrected chi connectivity index (χ3v) is 7.34. The van der Waals surface area contributed by atoms with Crippen LogP contribution < -0.4 is 14.8 Å². The Hall–Kier alpha value is -4.52. The number of hydrogen-bond donors (Lipinski definition) is 1. The van der Waals surface area contributed by atoms with E-state index in [0.29, 0.717) is 30.9 Å². The minimum Gasteiger partial charge on any atom is -0.473 e. The second-order valence-corrected chi connectivity index (χ2v) is 11.9. The molecule has 224 valence electrons. The predicted molar refractivity (Wildman–Crippen MR) is 170 cm³/mol. The molecule has 0 bridgehead atoms. The van der Waals surface area contributed by atoms with Gasteiger partial charge in [0.2, 0.25) is 11.8 Å². The van der Waals surface area contributed by atoms with Gasteiger partial charge in [-0.25, -0.2) is 4.79 Å². The first kappa shape index (κ1) is 30.0. The first-order valence-corrected chi connectivity index (χ1v) is 15.0. The van der Waals surface area contributed by atoms with E-state index in [2.05, 4.69) is 29.6 Å². The molecule has 7 heteroatoms. The Bertz CT molecular complexity index is 1450. The largest absolute Gasteiger partial charge is 0.473 e. The van der Waals surface area contributed by atoms with Gasteiger partial charge >= 0.3 is 6.09 Å². The van der Waals surface area contributed by atoms with Crippen molar-refractivity contribution in [2.24, 2.45) is 5.92 Å². The Morgan fingerprint density at radius 1 is 0.814 bits per heavy atom. The summed E-state index contributed by atoms with van der Waals surface area (Å²) in [4.78, 5) is 18.9. The van der Waals surface area contributed by atoms with Gasteiger partial charge in [0.1, 0.15) is 18.8 Å². The molecular weight excluding hydrogens is 538 g/mol. The average Bonchev–Trinajstić information content (AvgIpc) is 3.02. The molecule has 5 rings (SSSR count). The highest BCUT2D eigenvalue weighted by Gasteiger charge is 2.26. The fraction of sp³-hybridized carbons (Fsp3) is 0.333. The van der Waals surface area contributed by atoms with Crippen LogP contribution in [0.4, 0.5) is 10.5 Å². The van der Waals surface area contributed by atoms with Gasteiger partial charge < -0.3 is 24.4 Å². The lowest BCUT2D eigenvalue weighted by atomic mass is 9.97. The number of nitrogens with zero attached hydrogens (tertiary/aromatic N) is 2. The summed E-state index contributed by atoms with van der Waals surface area (Å²) in [6, 6.07) is 32.4. The molecule has 0 spiro atoms. The maximum Gasteiger partial charge on any atom is 0.410 e. The highest BCUT2D eigenvalue weighted by Crippen LogP contribution is 2.32. The van der Waals surface area contributed by atoms with E-state index in [0.717, 1.165) is 60.4 Å². The van der Waals surface area contributed by atoms with Crippen LogP contribution in [0.1, 0.15) is 44.7 Å². The number of carbonyl (C=O) groups is 1. The standard InChI is InChI=1S/C36H41N3O4/c1-36(2,3)43-35(40)39-22-20-27(21-23-39)24-37-31-16-14-30(15-17-31)32-18-19-33(41-25-28-10-6-4-7-11-28)38-34(32)42-26-29-12-8-5-9-13-29/h4-19,27,37H,20-26H2,1-3H3. The molecule has 1 N–H and O–H groups in total. The van der Waals surface area contributed by atoms with Crippen molar-refractivity contribution in [1.29, 1.82) is 0 Å². The van der Waals surface area contributed by atoms with Crippen LogP contribution in [0.2, 0.25) is 0 Å². The van der Waals surface area contributed by atoms with Crippen molar-refractivity contribution in [3.05, 3.63) is 108 Å². The fourth-order valence-corrected chi connectivity index (χ4v) is 4.97. The van der Waals surface area contributed by atoms with E-state index in [-0.39, 0.29) is 6.09 Å². The molecule has 2 heterocycles. The van der Waals surface area contributed by atoms with Gasteiger partial charge in [0.15, 0.2) is 0 Å². The fourth-order valence-electron chi connectivity index (χ4n) is 4.97. The summed E-state index contributed by atoms with van der Waals surface area (Å²) in [6.45, 7) is 8.87. The molecule has 7 nitrogen and oxygen atoms in total. The number of amides is 1. The molecule has 1 aliphatic heterocycles. The number of carbonyl (C=O) groups excluding carboxylic acids is 1. The number of piperidine rings is 1. The van der Waals surface area contributed by atoms with Crippen LogP contribution in [0.15, 0.2) is 97.1 Å². The molecule has 3 aromatic carbocycles. The van der Waals surface area contributed by atoms with Crippen LogP contribution in [-0.4, -0.2) is 41.2 Å². The predicted octanol–water partition coefficient (Wildman–Crippen LogP) is 7.97. The average molecular weight is 580 g/mol. The summed E-state index contributed by atoms with van der Waals surface area (Å²) < 4.78 is 17.8. The molecule has 0 radical (unpaired) electrons. The van der Waals surface area contributed by atoms with Gasteiger partial charge in [-0.05, 0) is 74.4 Å². The number of likely N-dealkylation sites (tertiary alicyclic amines) is 1. The minimum atomic E-state index is -0.468. The van der Waals surface area contributed by atoms with E-state index in [9.17, 15) is 4.79 Å². The quantitative estimate of drug-likeness (QED) is 0.205. The summed E-state index contributed by atoms with van der Waals surface area (Å²) in [7, 11) is 0. The zero-order valence-electron chi connectivity index (χ0n) is 25.3. The molecule has 0 saturated carbocycles. The second-order valence-electron chi connectivity index (χ2n) is 11.9. The molecular formula is C36H41N3O4. The van der Waals surface area contributed by atoms with Crippen molar-refractivity contribution in [3.63, 3.8) is 0 Å². The maximum absolute atomic E-state index is 12.4. The maximum atomic E-state index is 12.4. The topological polar surface area (TPSA) is 72.9 Å². The van der Waals surface area contributed by atoms with E-state index >= 15 is 0 Å². The van der Waals surface area contributed by atoms with Crippen molar-refractivity contribution in [1.82, 2.24) is 9.88 Å². The molecule has 0 unspecified atom stereocenters. The van der Waals surface area contributed by atoms with Crippen LogP contribution in [0.5, 0.6) is 11.8 Å². The van der Waals surface area contributed by atoms with Crippen LogP contribution in [0.3, 0.4) is 0 Å². The Balaban J connectivity index is 1.20. The van der Waals surface area contributed by atoms with Gasteiger partial charge in [0.25, 0.3) is 0 Å². The molecule has 1 fully saturated rings. The van der Waals surface area contributed by atoms with Gasteiger partial charge in [-0.3, -0.25) is 0 Å².